The first-order valence-electron chi connectivity index (χ1n) is 5.01. The number of pyridine rings is 1. The average molecular weight is 343 g/mol. The molecule has 0 atom stereocenters. The smallest absolute Gasteiger partial charge is 0.153 e. The molecule has 0 bridgehead atoms. The molecule has 1 heterocycles. The molecule has 5 heteroatoms. The average Bonchev–Trinajstić information content (AvgIpc) is 2.31. The normalized spacial score (nSPS) is 10.3. The maximum absolute atomic E-state index is 13.4. The Labute approximate surface area is 112 Å². The van der Waals surface area contributed by atoms with Crippen molar-refractivity contribution in [2.24, 2.45) is 0 Å². The van der Waals surface area contributed by atoms with Gasteiger partial charge in [0.05, 0.1) is 14.9 Å². The van der Waals surface area contributed by atoms with E-state index in [0.29, 0.717) is 20.8 Å². The monoisotopic (exact) mass is 343 g/mol. The summed E-state index contributed by atoms with van der Waals surface area (Å²) in [5.41, 5.74) is 8.08. The highest BCUT2D eigenvalue weighted by atomic mass is 127. The number of nitrogen functional groups attached to an aromatic ring is 1. The minimum atomic E-state index is -0.262. The van der Waals surface area contributed by atoms with Gasteiger partial charge >= 0.3 is 0 Å². The van der Waals surface area contributed by atoms with Crippen molar-refractivity contribution in [3.8, 4) is 0 Å². The third-order valence-electron chi connectivity index (χ3n) is 2.41. The first-order chi connectivity index (χ1) is 8.09. The molecule has 3 N–H and O–H groups in total. The van der Waals surface area contributed by atoms with E-state index in [1.54, 1.807) is 18.3 Å². The Morgan fingerprint density at radius 2 is 2.12 bits per heavy atom. The number of benzene rings is 1. The van der Waals surface area contributed by atoms with Crippen LogP contribution in [0.4, 0.5) is 21.6 Å². The molecule has 0 aliphatic heterocycles. The van der Waals surface area contributed by atoms with Gasteiger partial charge in [-0.3, -0.25) is 0 Å². The van der Waals surface area contributed by atoms with Crippen molar-refractivity contribution >= 4 is 39.8 Å². The molecule has 0 radical (unpaired) electrons. The van der Waals surface area contributed by atoms with Gasteiger partial charge in [0, 0.05) is 6.20 Å². The highest BCUT2D eigenvalue weighted by Gasteiger charge is 2.08. The Hall–Kier alpha value is -1.37. The molecule has 2 rings (SSSR count). The van der Waals surface area contributed by atoms with Crippen LogP contribution in [0.5, 0.6) is 0 Å². The van der Waals surface area contributed by atoms with Crippen LogP contribution in [0.25, 0.3) is 0 Å². The van der Waals surface area contributed by atoms with E-state index in [1.165, 1.54) is 6.07 Å². The summed E-state index contributed by atoms with van der Waals surface area (Å²) in [6.07, 6.45) is 1.67. The van der Waals surface area contributed by atoms with Crippen molar-refractivity contribution in [3.05, 3.63) is 45.4 Å². The second kappa shape index (κ2) is 4.87. The summed E-state index contributed by atoms with van der Waals surface area (Å²) in [6.45, 7) is 1.90. The zero-order chi connectivity index (χ0) is 12.4. The molecule has 0 aliphatic rings. The number of nitrogens with zero attached hydrogens (tertiary/aromatic N) is 1. The Bertz CT molecular complexity index is 508. The van der Waals surface area contributed by atoms with Crippen LogP contribution < -0.4 is 11.1 Å². The van der Waals surface area contributed by atoms with E-state index in [0.717, 1.165) is 5.56 Å². The summed E-state index contributed by atoms with van der Waals surface area (Å²) in [5, 5.41) is 3.04. The Balaban J connectivity index is 2.38. The fourth-order valence-electron chi connectivity index (χ4n) is 1.40. The van der Waals surface area contributed by atoms with Gasteiger partial charge in [0.2, 0.25) is 0 Å². The fourth-order valence-corrected chi connectivity index (χ4v) is 1.89. The Morgan fingerprint density at radius 1 is 1.35 bits per heavy atom. The lowest BCUT2D eigenvalue weighted by atomic mass is 10.2. The van der Waals surface area contributed by atoms with Gasteiger partial charge in [-0.05, 0) is 53.3 Å². The third kappa shape index (κ3) is 2.49. The van der Waals surface area contributed by atoms with Crippen LogP contribution in [0, 0.1) is 16.3 Å². The third-order valence-corrected chi connectivity index (χ3v) is 3.51. The highest BCUT2D eigenvalue weighted by Crippen LogP contribution is 2.27. The summed E-state index contributed by atoms with van der Waals surface area (Å²) in [5.74, 6) is 0.287. The molecule has 0 fully saturated rings. The van der Waals surface area contributed by atoms with Crippen molar-refractivity contribution < 1.29 is 4.39 Å². The van der Waals surface area contributed by atoms with Crippen molar-refractivity contribution in [2.45, 2.75) is 6.92 Å². The van der Waals surface area contributed by atoms with Crippen molar-refractivity contribution in [1.29, 1.82) is 0 Å². The fraction of sp³-hybridized carbons (Fsp3) is 0.0833. The van der Waals surface area contributed by atoms with Gasteiger partial charge in [-0.25, -0.2) is 9.37 Å². The van der Waals surface area contributed by atoms with E-state index in [2.05, 4.69) is 10.3 Å². The van der Waals surface area contributed by atoms with Gasteiger partial charge in [-0.1, -0.05) is 6.07 Å². The molecule has 2 aromatic rings. The summed E-state index contributed by atoms with van der Waals surface area (Å²) in [4.78, 5) is 4.14. The second-order valence-electron chi connectivity index (χ2n) is 3.62. The quantitative estimate of drug-likeness (QED) is 0.821. The number of nitrogens with two attached hydrogens (primary N) is 1. The van der Waals surface area contributed by atoms with Gasteiger partial charge in [0.15, 0.2) is 5.82 Å². The van der Waals surface area contributed by atoms with E-state index in [9.17, 15) is 4.39 Å². The van der Waals surface area contributed by atoms with Crippen LogP contribution in [-0.2, 0) is 0 Å². The molecule has 0 unspecified atom stereocenters. The van der Waals surface area contributed by atoms with Crippen molar-refractivity contribution in [3.63, 3.8) is 0 Å². The molecule has 0 amide bonds. The molecule has 1 aromatic heterocycles. The predicted molar refractivity (Wildman–Crippen MR) is 75.8 cm³/mol. The maximum atomic E-state index is 13.4. The van der Waals surface area contributed by atoms with Crippen LogP contribution in [0.1, 0.15) is 5.56 Å². The number of aryl methyl sites for hydroxylation is 1. The van der Waals surface area contributed by atoms with E-state index in [4.69, 9.17) is 5.73 Å². The number of anilines is 3. The number of aromatic nitrogens is 1. The molecule has 0 saturated carbocycles. The summed E-state index contributed by atoms with van der Waals surface area (Å²) in [6, 6.07) is 6.68. The van der Waals surface area contributed by atoms with E-state index in [1.807, 2.05) is 35.6 Å². The molecule has 0 saturated heterocycles. The number of hydrogen-bond acceptors (Lipinski definition) is 3. The van der Waals surface area contributed by atoms with Crippen LogP contribution >= 0.6 is 22.6 Å². The second-order valence-corrected chi connectivity index (χ2v) is 4.70. The largest absolute Gasteiger partial charge is 0.396 e. The lowest BCUT2D eigenvalue weighted by molar-refractivity contribution is 0.621. The Morgan fingerprint density at radius 3 is 2.88 bits per heavy atom. The summed E-state index contributed by atoms with van der Waals surface area (Å²) < 4.78 is 13.9. The van der Waals surface area contributed by atoms with E-state index in [-0.39, 0.29) is 5.82 Å². The summed E-state index contributed by atoms with van der Waals surface area (Å²) >= 11 is 1.95. The lowest BCUT2D eigenvalue weighted by Crippen LogP contribution is -2.02. The maximum Gasteiger partial charge on any atom is 0.153 e. The number of nitrogens with one attached hydrogen (secondary N) is 1. The minimum Gasteiger partial charge on any atom is -0.396 e. The molecular formula is C12H11FIN3. The molecule has 88 valence electrons. The molecule has 0 aliphatic carbocycles. The zero-order valence-electron chi connectivity index (χ0n) is 9.17. The van der Waals surface area contributed by atoms with E-state index < -0.39 is 0 Å². The predicted octanol–water partition coefficient (Wildman–Crippen LogP) is 3.46. The lowest BCUT2D eigenvalue weighted by Gasteiger charge is -2.11. The molecular weight excluding hydrogens is 332 g/mol. The molecule has 3 nitrogen and oxygen atoms in total. The summed E-state index contributed by atoms with van der Waals surface area (Å²) in [7, 11) is 0. The number of halogens is 2. The molecule has 1 aromatic carbocycles. The van der Waals surface area contributed by atoms with Crippen LogP contribution in [0.2, 0.25) is 0 Å². The molecule has 0 spiro atoms. The standard InChI is InChI=1S/C12H11FIN3/c1-7-5-6-16-12(11(7)15)17-9-4-2-3-8(13)10(9)14/h2-6H,15H2,1H3,(H,16,17). The van der Waals surface area contributed by atoms with Crippen LogP contribution in [0.15, 0.2) is 30.5 Å². The molecule has 17 heavy (non-hydrogen) atoms. The van der Waals surface area contributed by atoms with Gasteiger partial charge < -0.3 is 11.1 Å². The van der Waals surface area contributed by atoms with Gasteiger partial charge in [0.1, 0.15) is 5.82 Å². The van der Waals surface area contributed by atoms with Crippen LogP contribution in [0.3, 0.4) is 0 Å². The van der Waals surface area contributed by atoms with Gasteiger partial charge in [-0.2, -0.15) is 0 Å². The first kappa shape index (κ1) is 12.1. The minimum absolute atomic E-state index is 0.262. The van der Waals surface area contributed by atoms with Crippen LogP contribution in [-0.4, -0.2) is 4.98 Å². The highest BCUT2D eigenvalue weighted by molar-refractivity contribution is 14.1. The van der Waals surface area contributed by atoms with Gasteiger partial charge in [0.25, 0.3) is 0 Å². The number of rotatable bonds is 2. The van der Waals surface area contributed by atoms with Crippen molar-refractivity contribution in [2.75, 3.05) is 11.1 Å². The van der Waals surface area contributed by atoms with E-state index >= 15 is 0 Å². The SMILES string of the molecule is Cc1ccnc(Nc2cccc(F)c2I)c1N. The first-order valence-corrected chi connectivity index (χ1v) is 6.09. The topological polar surface area (TPSA) is 50.9 Å². The Kier molecular flexibility index (Phi) is 3.46. The van der Waals surface area contributed by atoms with Gasteiger partial charge in [-0.15, -0.1) is 0 Å². The zero-order valence-corrected chi connectivity index (χ0v) is 11.3. The van der Waals surface area contributed by atoms with Crippen molar-refractivity contribution in [1.82, 2.24) is 4.98 Å². The number of hydrogen-bond donors (Lipinski definition) is 2.